The number of anilines is 1. The van der Waals surface area contributed by atoms with Gasteiger partial charge in [0.15, 0.2) is 0 Å². The molecule has 21 heavy (non-hydrogen) atoms. The van der Waals surface area contributed by atoms with Gasteiger partial charge in [0.05, 0.1) is 12.2 Å². The maximum atomic E-state index is 4.23. The molecule has 2 heterocycles. The van der Waals surface area contributed by atoms with Gasteiger partial charge in [-0.2, -0.15) is 5.10 Å². The molecule has 0 spiro atoms. The highest BCUT2D eigenvalue weighted by Crippen LogP contribution is 2.14. The van der Waals surface area contributed by atoms with Crippen LogP contribution in [0.1, 0.15) is 19.0 Å². The lowest BCUT2D eigenvalue weighted by molar-refractivity contribution is 0.654. The summed E-state index contributed by atoms with van der Waals surface area (Å²) in [5.74, 6) is 0. The molecule has 2 aromatic heterocycles. The summed E-state index contributed by atoms with van der Waals surface area (Å²) in [6, 6.07) is 14.5. The Kier molecular flexibility index (Phi) is 4.05. The molecule has 0 saturated heterocycles. The van der Waals surface area contributed by atoms with Crippen LogP contribution in [0.2, 0.25) is 0 Å². The van der Waals surface area contributed by atoms with E-state index in [0.717, 1.165) is 30.9 Å². The summed E-state index contributed by atoms with van der Waals surface area (Å²) >= 11 is 0. The lowest BCUT2D eigenvalue weighted by atomic mass is 10.2. The summed E-state index contributed by atoms with van der Waals surface area (Å²) in [6.07, 6.45) is 7.02. The van der Waals surface area contributed by atoms with E-state index in [1.807, 2.05) is 16.9 Å². The first-order valence-corrected chi connectivity index (χ1v) is 7.35. The summed E-state index contributed by atoms with van der Waals surface area (Å²) in [5.41, 5.74) is 3.50. The maximum absolute atomic E-state index is 4.23. The van der Waals surface area contributed by atoms with Gasteiger partial charge in [-0.3, -0.25) is 0 Å². The molecular weight excluding hydrogens is 260 g/mol. The summed E-state index contributed by atoms with van der Waals surface area (Å²) in [7, 11) is 0. The van der Waals surface area contributed by atoms with Crippen molar-refractivity contribution in [3.63, 3.8) is 0 Å². The topological polar surface area (TPSA) is 34.8 Å². The highest BCUT2D eigenvalue weighted by Gasteiger charge is 2.01. The molecule has 1 N–H and O–H groups in total. The van der Waals surface area contributed by atoms with Crippen molar-refractivity contribution in [1.29, 1.82) is 0 Å². The molecule has 1 aromatic carbocycles. The summed E-state index contributed by atoms with van der Waals surface area (Å²) in [4.78, 5) is 0. The minimum Gasteiger partial charge on any atom is -0.379 e. The normalized spacial score (nSPS) is 10.7. The third-order valence-corrected chi connectivity index (χ3v) is 3.50. The number of benzene rings is 1. The van der Waals surface area contributed by atoms with Crippen LogP contribution in [-0.2, 0) is 13.1 Å². The zero-order valence-electron chi connectivity index (χ0n) is 12.2. The lowest BCUT2D eigenvalue weighted by Gasteiger charge is -2.11. The molecule has 0 saturated carbocycles. The first-order chi connectivity index (χ1) is 10.4. The molecule has 0 aliphatic rings. The molecule has 0 unspecified atom stereocenters. The van der Waals surface area contributed by atoms with Gasteiger partial charge in [0.2, 0.25) is 0 Å². The van der Waals surface area contributed by atoms with Crippen molar-refractivity contribution >= 4 is 5.69 Å². The Hall–Kier alpha value is -2.49. The standard InChI is InChI=1S/C17H20N4/c1-2-11-20-12-3-5-17(20)14-18-15-6-8-16(9-7-15)21-13-4-10-19-21/h3-10,12-13,18H,2,11,14H2,1H3. The van der Waals surface area contributed by atoms with Gasteiger partial charge < -0.3 is 9.88 Å². The van der Waals surface area contributed by atoms with E-state index < -0.39 is 0 Å². The Morgan fingerprint density at radius 2 is 1.90 bits per heavy atom. The number of rotatable bonds is 6. The third-order valence-electron chi connectivity index (χ3n) is 3.50. The zero-order chi connectivity index (χ0) is 14.5. The lowest BCUT2D eigenvalue weighted by Crippen LogP contribution is -2.07. The Balaban J connectivity index is 1.64. The van der Waals surface area contributed by atoms with Crippen LogP contribution in [0, 0.1) is 0 Å². The first-order valence-electron chi connectivity index (χ1n) is 7.35. The second-order valence-electron chi connectivity index (χ2n) is 5.04. The number of aromatic nitrogens is 3. The Labute approximate surface area is 125 Å². The van der Waals surface area contributed by atoms with E-state index in [1.165, 1.54) is 5.69 Å². The predicted octanol–water partition coefficient (Wildman–Crippen LogP) is 3.70. The van der Waals surface area contributed by atoms with Crippen molar-refractivity contribution in [3.8, 4) is 5.69 Å². The molecule has 4 nitrogen and oxygen atoms in total. The zero-order valence-corrected chi connectivity index (χ0v) is 12.2. The summed E-state index contributed by atoms with van der Waals surface area (Å²) < 4.78 is 4.15. The Morgan fingerprint density at radius 3 is 2.62 bits per heavy atom. The second-order valence-corrected chi connectivity index (χ2v) is 5.04. The molecule has 0 aliphatic heterocycles. The van der Waals surface area contributed by atoms with Crippen molar-refractivity contribution in [2.75, 3.05) is 5.32 Å². The van der Waals surface area contributed by atoms with Crippen LogP contribution in [0.15, 0.2) is 61.1 Å². The van der Waals surface area contributed by atoms with Crippen molar-refractivity contribution in [2.45, 2.75) is 26.4 Å². The van der Waals surface area contributed by atoms with E-state index in [4.69, 9.17) is 0 Å². The van der Waals surface area contributed by atoms with E-state index in [9.17, 15) is 0 Å². The smallest absolute Gasteiger partial charge is 0.0647 e. The molecule has 108 valence electrons. The van der Waals surface area contributed by atoms with Crippen molar-refractivity contribution in [2.24, 2.45) is 0 Å². The van der Waals surface area contributed by atoms with Gasteiger partial charge in [0, 0.05) is 36.5 Å². The van der Waals surface area contributed by atoms with Crippen LogP contribution in [0.5, 0.6) is 0 Å². The second kappa shape index (κ2) is 6.31. The number of nitrogens with one attached hydrogen (secondary N) is 1. The van der Waals surface area contributed by atoms with E-state index in [-0.39, 0.29) is 0 Å². The molecule has 0 amide bonds. The van der Waals surface area contributed by atoms with Crippen LogP contribution in [0.4, 0.5) is 5.69 Å². The van der Waals surface area contributed by atoms with Gasteiger partial charge in [-0.15, -0.1) is 0 Å². The summed E-state index contributed by atoms with van der Waals surface area (Å²) in [5, 5.41) is 7.70. The largest absolute Gasteiger partial charge is 0.379 e. The molecule has 0 bridgehead atoms. The van der Waals surface area contributed by atoms with Crippen molar-refractivity contribution < 1.29 is 0 Å². The summed E-state index contributed by atoms with van der Waals surface area (Å²) in [6.45, 7) is 4.11. The molecule has 0 radical (unpaired) electrons. The van der Waals surface area contributed by atoms with E-state index in [2.05, 4.69) is 64.5 Å². The quantitative estimate of drug-likeness (QED) is 0.747. The average molecular weight is 280 g/mol. The minimum atomic E-state index is 0.841. The highest BCUT2D eigenvalue weighted by atomic mass is 15.3. The Morgan fingerprint density at radius 1 is 1.05 bits per heavy atom. The molecule has 3 aromatic rings. The van der Waals surface area contributed by atoms with Crippen LogP contribution < -0.4 is 5.32 Å². The predicted molar refractivity (Wildman–Crippen MR) is 85.6 cm³/mol. The van der Waals surface area contributed by atoms with Crippen LogP contribution >= 0.6 is 0 Å². The molecule has 4 heteroatoms. The Bertz CT molecular complexity index is 665. The minimum absolute atomic E-state index is 0.841. The maximum Gasteiger partial charge on any atom is 0.0647 e. The van der Waals surface area contributed by atoms with E-state index >= 15 is 0 Å². The van der Waals surface area contributed by atoms with Crippen molar-refractivity contribution in [1.82, 2.24) is 14.3 Å². The number of aryl methyl sites for hydroxylation is 1. The van der Waals surface area contributed by atoms with Crippen LogP contribution in [0.3, 0.4) is 0 Å². The molecule has 0 atom stereocenters. The fourth-order valence-corrected chi connectivity index (χ4v) is 2.42. The average Bonchev–Trinajstić information content (AvgIpc) is 3.18. The van der Waals surface area contributed by atoms with Crippen molar-refractivity contribution in [3.05, 3.63) is 66.7 Å². The fourth-order valence-electron chi connectivity index (χ4n) is 2.42. The van der Waals surface area contributed by atoms with Gasteiger partial charge in [0.1, 0.15) is 0 Å². The van der Waals surface area contributed by atoms with E-state index in [1.54, 1.807) is 6.20 Å². The van der Waals surface area contributed by atoms with Crippen LogP contribution in [0.25, 0.3) is 5.69 Å². The SMILES string of the molecule is CCCn1cccc1CNc1ccc(-n2cccn2)cc1. The third kappa shape index (κ3) is 3.16. The fraction of sp³-hybridized carbons (Fsp3) is 0.235. The van der Waals surface area contributed by atoms with Gasteiger partial charge in [-0.05, 0) is 48.9 Å². The van der Waals surface area contributed by atoms with Crippen LogP contribution in [-0.4, -0.2) is 14.3 Å². The van der Waals surface area contributed by atoms with Gasteiger partial charge in [-0.1, -0.05) is 6.92 Å². The van der Waals surface area contributed by atoms with Gasteiger partial charge in [-0.25, -0.2) is 4.68 Å². The monoisotopic (exact) mass is 280 g/mol. The highest BCUT2D eigenvalue weighted by molar-refractivity contribution is 5.48. The van der Waals surface area contributed by atoms with E-state index in [0.29, 0.717) is 0 Å². The molecular formula is C17H20N4. The van der Waals surface area contributed by atoms with Gasteiger partial charge >= 0.3 is 0 Å². The molecule has 3 rings (SSSR count). The first kappa shape index (κ1) is 13.5. The number of hydrogen-bond donors (Lipinski definition) is 1. The van der Waals surface area contributed by atoms with Gasteiger partial charge in [0.25, 0.3) is 0 Å². The number of nitrogens with zero attached hydrogens (tertiary/aromatic N) is 3. The molecule has 0 aliphatic carbocycles. The molecule has 0 fully saturated rings. The number of hydrogen-bond acceptors (Lipinski definition) is 2.